The zero-order chi connectivity index (χ0) is 12.4. The maximum atomic E-state index is 10.9. The van der Waals surface area contributed by atoms with Crippen LogP contribution in [-0.4, -0.2) is 26.3 Å². The molecule has 5 heteroatoms. The summed E-state index contributed by atoms with van der Waals surface area (Å²) in [4.78, 5) is 0. The summed E-state index contributed by atoms with van der Waals surface area (Å²) >= 11 is 0. The average molecular weight is 250 g/mol. The molecule has 0 saturated heterocycles. The lowest BCUT2D eigenvalue weighted by atomic mass is 10.1. The van der Waals surface area contributed by atoms with Gasteiger partial charge in [0.15, 0.2) is 0 Å². The van der Waals surface area contributed by atoms with Crippen LogP contribution < -0.4 is 5.14 Å². The van der Waals surface area contributed by atoms with Crippen molar-refractivity contribution < 1.29 is 8.42 Å². The lowest BCUT2D eigenvalue weighted by Crippen LogP contribution is -2.33. The molecule has 0 saturated carbocycles. The predicted molar refractivity (Wildman–Crippen MR) is 68.3 cm³/mol. The van der Waals surface area contributed by atoms with Crippen molar-refractivity contribution in [1.82, 2.24) is 4.31 Å². The van der Waals surface area contributed by atoms with Gasteiger partial charge in [-0.15, -0.1) is 0 Å². The largest absolute Gasteiger partial charge is 0.276 e. The van der Waals surface area contributed by atoms with E-state index < -0.39 is 10.2 Å². The van der Waals surface area contributed by atoms with Crippen molar-refractivity contribution in [3.05, 3.63) is 0 Å². The van der Waals surface area contributed by atoms with E-state index in [2.05, 4.69) is 6.92 Å². The summed E-state index contributed by atoms with van der Waals surface area (Å²) in [6.45, 7) is 2.75. The Kier molecular flexibility index (Phi) is 8.89. The monoisotopic (exact) mass is 250 g/mol. The van der Waals surface area contributed by atoms with Gasteiger partial charge < -0.3 is 0 Å². The zero-order valence-electron chi connectivity index (χ0n) is 10.6. The first-order valence-corrected chi connectivity index (χ1v) is 7.73. The van der Waals surface area contributed by atoms with E-state index in [1.165, 1.54) is 49.9 Å². The maximum absolute atomic E-state index is 10.9. The zero-order valence-corrected chi connectivity index (χ0v) is 11.4. The molecule has 0 fully saturated rings. The van der Waals surface area contributed by atoms with Gasteiger partial charge in [-0.2, -0.15) is 12.7 Å². The van der Waals surface area contributed by atoms with Crippen LogP contribution in [0.1, 0.15) is 58.3 Å². The van der Waals surface area contributed by atoms with Gasteiger partial charge in [0.25, 0.3) is 10.2 Å². The van der Waals surface area contributed by atoms with Crippen LogP contribution in [0.4, 0.5) is 0 Å². The van der Waals surface area contributed by atoms with Crippen molar-refractivity contribution in [2.24, 2.45) is 5.14 Å². The van der Waals surface area contributed by atoms with Crippen molar-refractivity contribution in [2.75, 3.05) is 13.6 Å². The molecule has 0 aliphatic rings. The van der Waals surface area contributed by atoms with E-state index in [0.29, 0.717) is 6.54 Å². The molecule has 4 nitrogen and oxygen atoms in total. The van der Waals surface area contributed by atoms with Gasteiger partial charge in [0, 0.05) is 13.6 Å². The van der Waals surface area contributed by atoms with Gasteiger partial charge in [0.2, 0.25) is 0 Å². The van der Waals surface area contributed by atoms with E-state index in [1.807, 2.05) is 0 Å². The summed E-state index contributed by atoms with van der Waals surface area (Å²) in [5.41, 5.74) is 0. The number of nitrogens with zero attached hydrogens (tertiary/aromatic N) is 1. The highest BCUT2D eigenvalue weighted by Crippen LogP contribution is 2.08. The summed E-state index contributed by atoms with van der Waals surface area (Å²) in [7, 11) is -1.95. The second-order valence-electron chi connectivity index (χ2n) is 4.34. The second-order valence-corrected chi connectivity index (χ2v) is 5.99. The molecule has 0 aromatic carbocycles. The molecule has 0 spiro atoms. The lowest BCUT2D eigenvalue weighted by molar-refractivity contribution is 0.449. The SMILES string of the molecule is CCCCCCCCCCN(C)S(N)(=O)=O. The van der Waals surface area contributed by atoms with Crippen molar-refractivity contribution in [3.63, 3.8) is 0 Å². The molecule has 0 amide bonds. The molecule has 0 aliphatic carbocycles. The highest BCUT2D eigenvalue weighted by Gasteiger charge is 2.09. The lowest BCUT2D eigenvalue weighted by Gasteiger charge is -2.12. The van der Waals surface area contributed by atoms with Crippen LogP contribution in [-0.2, 0) is 10.2 Å². The number of hydrogen-bond donors (Lipinski definition) is 1. The minimum atomic E-state index is -3.47. The summed E-state index contributed by atoms with van der Waals surface area (Å²) in [5, 5.41) is 4.97. The van der Waals surface area contributed by atoms with E-state index in [1.54, 1.807) is 0 Å². The fourth-order valence-corrected chi connectivity index (χ4v) is 1.98. The first kappa shape index (κ1) is 15.9. The van der Waals surface area contributed by atoms with Crippen LogP contribution in [0.3, 0.4) is 0 Å². The fraction of sp³-hybridized carbons (Fsp3) is 1.00. The van der Waals surface area contributed by atoms with Crippen LogP contribution in [0.2, 0.25) is 0 Å². The molecule has 2 N–H and O–H groups in total. The standard InChI is InChI=1S/C11H26N2O2S/c1-3-4-5-6-7-8-9-10-11-13(2)16(12,14)15/h3-11H2,1-2H3,(H2,12,14,15). The van der Waals surface area contributed by atoms with Gasteiger partial charge in [-0.25, -0.2) is 5.14 Å². The Morgan fingerprint density at radius 3 is 1.81 bits per heavy atom. The molecule has 0 rings (SSSR count). The predicted octanol–water partition coefficient (Wildman–Crippen LogP) is 2.26. The summed E-state index contributed by atoms with van der Waals surface area (Å²) in [6, 6.07) is 0. The molecule has 0 aromatic rings. The third-order valence-corrected chi connectivity index (χ3v) is 3.81. The maximum Gasteiger partial charge on any atom is 0.276 e. The van der Waals surface area contributed by atoms with Crippen LogP contribution in [0.15, 0.2) is 0 Å². The topological polar surface area (TPSA) is 63.4 Å². The molecule has 0 aliphatic heterocycles. The van der Waals surface area contributed by atoms with E-state index in [4.69, 9.17) is 5.14 Å². The van der Waals surface area contributed by atoms with Crippen molar-refractivity contribution in [1.29, 1.82) is 0 Å². The first-order valence-electron chi connectivity index (χ1n) is 6.22. The molecule has 0 radical (unpaired) electrons. The van der Waals surface area contributed by atoms with Gasteiger partial charge in [-0.1, -0.05) is 51.9 Å². The second kappa shape index (κ2) is 8.96. The Morgan fingerprint density at radius 1 is 0.938 bits per heavy atom. The molecule has 98 valence electrons. The fourth-order valence-electron chi connectivity index (χ4n) is 1.60. The molecular weight excluding hydrogens is 224 g/mol. The number of unbranched alkanes of at least 4 members (excludes halogenated alkanes) is 7. The Bertz CT molecular complexity index is 253. The first-order chi connectivity index (χ1) is 7.48. The van der Waals surface area contributed by atoms with E-state index in [0.717, 1.165) is 12.8 Å². The van der Waals surface area contributed by atoms with Crippen molar-refractivity contribution in [3.8, 4) is 0 Å². The highest BCUT2D eigenvalue weighted by molar-refractivity contribution is 7.86. The number of hydrogen-bond acceptors (Lipinski definition) is 2. The van der Waals surface area contributed by atoms with Gasteiger partial charge in [-0.05, 0) is 6.42 Å². The average Bonchev–Trinajstić information content (AvgIpc) is 2.20. The minimum absolute atomic E-state index is 0.536. The van der Waals surface area contributed by atoms with Gasteiger partial charge in [-0.3, -0.25) is 0 Å². The number of nitrogens with two attached hydrogens (primary N) is 1. The van der Waals surface area contributed by atoms with Gasteiger partial charge >= 0.3 is 0 Å². The minimum Gasteiger partial charge on any atom is -0.216 e. The van der Waals surface area contributed by atoms with Gasteiger partial charge in [0.05, 0.1) is 0 Å². The Morgan fingerprint density at radius 2 is 1.38 bits per heavy atom. The quantitative estimate of drug-likeness (QED) is 0.604. The van der Waals surface area contributed by atoms with Crippen LogP contribution >= 0.6 is 0 Å². The highest BCUT2D eigenvalue weighted by atomic mass is 32.2. The molecule has 0 unspecified atom stereocenters. The van der Waals surface area contributed by atoms with Gasteiger partial charge in [0.1, 0.15) is 0 Å². The summed E-state index contributed by atoms with van der Waals surface area (Å²) in [6.07, 6.45) is 9.69. The van der Waals surface area contributed by atoms with E-state index >= 15 is 0 Å². The Hall–Kier alpha value is -0.130. The van der Waals surface area contributed by atoms with Crippen molar-refractivity contribution in [2.45, 2.75) is 58.3 Å². The molecule has 0 heterocycles. The third-order valence-electron chi connectivity index (χ3n) is 2.76. The van der Waals surface area contributed by atoms with E-state index in [-0.39, 0.29) is 0 Å². The Balaban J connectivity index is 3.28. The molecule has 0 aromatic heterocycles. The summed E-state index contributed by atoms with van der Waals surface area (Å²) < 4.78 is 23.0. The molecule has 0 atom stereocenters. The van der Waals surface area contributed by atoms with Crippen LogP contribution in [0.25, 0.3) is 0 Å². The normalized spacial score (nSPS) is 12.2. The third kappa shape index (κ3) is 9.12. The molecule has 0 bridgehead atoms. The van der Waals surface area contributed by atoms with Crippen molar-refractivity contribution >= 4 is 10.2 Å². The molecular formula is C11H26N2O2S. The number of rotatable bonds is 10. The molecule has 16 heavy (non-hydrogen) atoms. The van der Waals surface area contributed by atoms with Crippen LogP contribution in [0, 0.1) is 0 Å². The smallest absolute Gasteiger partial charge is 0.216 e. The summed E-state index contributed by atoms with van der Waals surface area (Å²) in [5.74, 6) is 0. The van der Waals surface area contributed by atoms with Crippen LogP contribution in [0.5, 0.6) is 0 Å². The van der Waals surface area contributed by atoms with E-state index in [9.17, 15) is 8.42 Å². The Labute approximate surface area is 100 Å².